The summed E-state index contributed by atoms with van der Waals surface area (Å²) in [5.74, 6) is -0.481. The van der Waals surface area contributed by atoms with Gasteiger partial charge in [0, 0.05) is 26.2 Å². The van der Waals surface area contributed by atoms with Gasteiger partial charge in [0.05, 0.1) is 22.5 Å². The van der Waals surface area contributed by atoms with Gasteiger partial charge in [0.25, 0.3) is 5.91 Å². The first-order chi connectivity index (χ1) is 21.8. The van der Waals surface area contributed by atoms with E-state index in [1.54, 1.807) is 11.8 Å². The van der Waals surface area contributed by atoms with E-state index in [9.17, 15) is 19.2 Å². The van der Waals surface area contributed by atoms with E-state index < -0.39 is 0 Å². The molecule has 2 N–H and O–H groups in total. The molecule has 0 unspecified atom stereocenters. The molecule has 45 heavy (non-hydrogen) atoms. The second-order valence-electron chi connectivity index (χ2n) is 12.2. The normalized spacial score (nSPS) is 27.7. The van der Waals surface area contributed by atoms with E-state index in [0.29, 0.717) is 11.4 Å². The topological polar surface area (TPSA) is 109 Å². The monoisotopic (exact) mass is 701 g/mol. The van der Waals surface area contributed by atoms with Crippen LogP contribution in [-0.4, -0.2) is 34.6 Å². The maximum absolute atomic E-state index is 13.9. The maximum Gasteiger partial charge on any atom is 0.305 e. The molecular formula is C34H28BrN3O5S2. The molecule has 2 saturated carbocycles. The van der Waals surface area contributed by atoms with Gasteiger partial charge in [-0.25, -0.2) is 0 Å². The molecule has 8 rings (SSSR count). The van der Waals surface area contributed by atoms with Crippen LogP contribution in [0.3, 0.4) is 0 Å². The molecule has 8 nitrogen and oxygen atoms in total. The zero-order chi connectivity index (χ0) is 31.0. The van der Waals surface area contributed by atoms with Crippen LogP contribution >= 0.6 is 39.0 Å². The third-order valence-electron chi connectivity index (χ3n) is 9.84. The highest BCUT2D eigenvalue weighted by molar-refractivity contribution is 9.10. The van der Waals surface area contributed by atoms with Crippen LogP contribution in [0.15, 0.2) is 87.1 Å². The van der Waals surface area contributed by atoms with Crippen molar-refractivity contribution in [1.82, 2.24) is 4.98 Å². The first-order valence-electron chi connectivity index (χ1n) is 14.9. The molecule has 11 heteroatoms. The second kappa shape index (κ2) is 11.0. The van der Waals surface area contributed by atoms with Crippen molar-refractivity contribution in [3.05, 3.63) is 103 Å². The third kappa shape index (κ3) is 4.70. The minimum atomic E-state index is -0.359. The van der Waals surface area contributed by atoms with Crippen LogP contribution in [0.25, 0.3) is 0 Å². The Labute approximate surface area is 275 Å². The second-order valence-corrected chi connectivity index (χ2v) is 15.3. The van der Waals surface area contributed by atoms with Gasteiger partial charge < -0.3 is 15.0 Å². The molecule has 2 bridgehead atoms. The lowest BCUT2D eigenvalue weighted by atomic mass is 9.68. The minimum Gasteiger partial charge on any atom is -0.484 e. The predicted octanol–water partition coefficient (Wildman–Crippen LogP) is 6.20. The Morgan fingerprint density at radius 1 is 0.978 bits per heavy atom. The maximum atomic E-state index is 13.9. The number of aryl methyl sites for hydroxylation is 1. The summed E-state index contributed by atoms with van der Waals surface area (Å²) in [6.45, 7) is 1.81. The zero-order valence-corrected chi connectivity index (χ0v) is 27.3. The SMILES string of the molecule is Cc1ccccc1NC(=O)COc1ccc([C@@H]2c3sc(=O)[nH]c3S[C@@H]3[C@@H]4C[C@@H]([C@@H]5C(=O)N(c6ccc(Br)cc6)C(=O)[C@@H]45)[C@H]23)cc1. The molecule has 0 spiro atoms. The van der Waals surface area contributed by atoms with E-state index in [1.807, 2.05) is 79.7 Å². The molecule has 3 heterocycles. The number of thioether (sulfide) groups is 1. The Balaban J connectivity index is 1.06. The lowest BCUT2D eigenvalue weighted by Crippen LogP contribution is -2.42. The first kappa shape index (κ1) is 28.8. The average molecular weight is 703 g/mol. The summed E-state index contributed by atoms with van der Waals surface area (Å²) in [5.41, 5.74) is 3.37. The van der Waals surface area contributed by atoms with Crippen molar-refractivity contribution in [2.45, 2.75) is 29.5 Å². The molecule has 0 radical (unpaired) electrons. The van der Waals surface area contributed by atoms with Crippen LogP contribution in [0.4, 0.5) is 11.4 Å². The number of carbonyl (C=O) groups is 3. The number of aromatic amines is 1. The fourth-order valence-electron chi connectivity index (χ4n) is 8.05. The van der Waals surface area contributed by atoms with Gasteiger partial charge in [-0.15, -0.1) is 11.8 Å². The number of hydrogen-bond acceptors (Lipinski definition) is 7. The summed E-state index contributed by atoms with van der Waals surface area (Å²) in [4.78, 5) is 58.2. The number of nitrogens with one attached hydrogen (secondary N) is 2. The van der Waals surface area contributed by atoms with E-state index in [0.717, 1.165) is 37.6 Å². The van der Waals surface area contributed by atoms with Crippen molar-refractivity contribution >= 4 is 68.1 Å². The Morgan fingerprint density at radius 2 is 1.69 bits per heavy atom. The van der Waals surface area contributed by atoms with Gasteiger partial charge in [0.2, 0.25) is 11.8 Å². The number of ether oxygens (including phenoxy) is 1. The van der Waals surface area contributed by atoms with Crippen molar-refractivity contribution in [2.24, 2.45) is 29.6 Å². The predicted molar refractivity (Wildman–Crippen MR) is 177 cm³/mol. The van der Waals surface area contributed by atoms with Crippen LogP contribution in [0, 0.1) is 36.5 Å². The van der Waals surface area contributed by atoms with E-state index in [-0.39, 0.29) is 70.0 Å². The number of para-hydroxylation sites is 1. The van der Waals surface area contributed by atoms with E-state index in [4.69, 9.17) is 4.74 Å². The lowest BCUT2D eigenvalue weighted by Gasteiger charge is -2.43. The number of carbonyl (C=O) groups excluding carboxylic acids is 3. The van der Waals surface area contributed by atoms with Crippen molar-refractivity contribution in [3.8, 4) is 5.75 Å². The fourth-order valence-corrected chi connectivity index (χ4v) is 11.2. The standard InChI is InChI=1S/C34H28BrN3O5S2/c1-16-4-2-3-5-23(16)36-24(39)15-43-20-12-6-17(7-13-20)25-26-21-14-22(29(26)44-31-30(25)45-34(42)37-31)28-27(21)32(40)38(33(28)41)19-10-8-18(35)9-11-19/h2-13,21-22,25-29H,14-15H2,1H3,(H,36,39)(H,37,42)/t21-,22-,25+,26-,27+,28+,29-/m1/s1. The molecule has 228 valence electrons. The lowest BCUT2D eigenvalue weighted by molar-refractivity contribution is -0.123. The number of hydrogen-bond donors (Lipinski definition) is 2. The van der Waals surface area contributed by atoms with Gasteiger partial charge in [0.1, 0.15) is 5.75 Å². The van der Waals surface area contributed by atoms with Crippen LogP contribution < -0.4 is 19.8 Å². The number of rotatable bonds is 6. The smallest absolute Gasteiger partial charge is 0.305 e. The molecule has 3 amide bonds. The van der Waals surface area contributed by atoms with Gasteiger partial charge in [-0.3, -0.25) is 24.1 Å². The van der Waals surface area contributed by atoms with Gasteiger partial charge in [-0.05, 0) is 84.7 Å². The highest BCUT2D eigenvalue weighted by atomic mass is 79.9. The van der Waals surface area contributed by atoms with Crippen molar-refractivity contribution in [1.29, 1.82) is 0 Å². The van der Waals surface area contributed by atoms with E-state index in [1.165, 1.54) is 16.2 Å². The first-order valence-corrected chi connectivity index (χ1v) is 17.4. The minimum absolute atomic E-state index is 0.0332. The molecule has 1 aromatic heterocycles. The summed E-state index contributed by atoms with van der Waals surface area (Å²) >= 11 is 6.35. The molecule has 7 atom stereocenters. The highest BCUT2D eigenvalue weighted by Crippen LogP contribution is 2.68. The zero-order valence-electron chi connectivity index (χ0n) is 24.1. The van der Waals surface area contributed by atoms with Gasteiger partial charge >= 0.3 is 4.87 Å². The molecule has 3 fully saturated rings. The molecule has 2 aliphatic heterocycles. The highest BCUT2D eigenvalue weighted by Gasteiger charge is 2.69. The summed E-state index contributed by atoms with van der Waals surface area (Å²) in [6.07, 6.45) is 0.830. The summed E-state index contributed by atoms with van der Waals surface area (Å²) in [6, 6.07) is 22.6. The quantitative estimate of drug-likeness (QED) is 0.232. The van der Waals surface area contributed by atoms with E-state index in [2.05, 4.69) is 26.2 Å². The Hall–Kier alpha value is -3.67. The largest absolute Gasteiger partial charge is 0.484 e. The number of H-pyrrole nitrogens is 1. The van der Waals surface area contributed by atoms with Crippen LogP contribution in [0.2, 0.25) is 0 Å². The summed E-state index contributed by atoms with van der Waals surface area (Å²) in [7, 11) is 0. The Kier molecular flexibility index (Phi) is 7.03. The van der Waals surface area contributed by atoms with Gasteiger partial charge in [0.15, 0.2) is 6.61 Å². The van der Waals surface area contributed by atoms with Gasteiger partial charge in [-0.1, -0.05) is 57.6 Å². The van der Waals surface area contributed by atoms with Crippen LogP contribution in [0.1, 0.15) is 28.3 Å². The van der Waals surface area contributed by atoms with Crippen molar-refractivity contribution in [3.63, 3.8) is 0 Å². The Morgan fingerprint density at radius 3 is 2.42 bits per heavy atom. The molecule has 4 aromatic rings. The molecule has 2 aliphatic carbocycles. The molecule has 1 saturated heterocycles. The van der Waals surface area contributed by atoms with Crippen LogP contribution in [0.5, 0.6) is 5.75 Å². The van der Waals surface area contributed by atoms with Gasteiger partial charge in [-0.2, -0.15) is 0 Å². The molecule has 3 aromatic carbocycles. The van der Waals surface area contributed by atoms with Crippen molar-refractivity contribution < 1.29 is 19.1 Å². The number of imide groups is 1. The van der Waals surface area contributed by atoms with Crippen molar-refractivity contribution in [2.75, 3.05) is 16.8 Å². The third-order valence-corrected chi connectivity index (χ3v) is 13.0. The summed E-state index contributed by atoms with van der Waals surface area (Å²) < 4.78 is 6.70. The number of aromatic nitrogens is 1. The molecular weight excluding hydrogens is 674 g/mol. The summed E-state index contributed by atoms with van der Waals surface area (Å²) in [5, 5.41) is 3.87. The average Bonchev–Trinajstić information content (AvgIpc) is 3.77. The number of anilines is 2. The van der Waals surface area contributed by atoms with Crippen LogP contribution in [-0.2, 0) is 14.4 Å². The number of thiazole rings is 1. The number of nitrogens with zero attached hydrogens (tertiary/aromatic N) is 1. The number of benzene rings is 3. The number of halogens is 1. The molecule has 4 aliphatic rings. The fraction of sp³-hybridized carbons (Fsp3) is 0.294. The number of amides is 3. The van der Waals surface area contributed by atoms with E-state index >= 15 is 0 Å². The number of fused-ring (bicyclic) bond motifs is 9. The Bertz CT molecular complexity index is 1910.